The Kier molecular flexibility index (Phi) is 7.28. The van der Waals surface area contributed by atoms with Crippen LogP contribution in [0.4, 0.5) is 20.7 Å². The summed E-state index contributed by atoms with van der Waals surface area (Å²) in [5, 5.41) is 22.1. The monoisotopic (exact) mass is 518 g/mol. The van der Waals surface area contributed by atoms with Gasteiger partial charge in [0.1, 0.15) is 34.6 Å². The van der Waals surface area contributed by atoms with Crippen LogP contribution in [0.1, 0.15) is 37.0 Å². The second kappa shape index (κ2) is 10.6. The van der Waals surface area contributed by atoms with Gasteiger partial charge in [0.2, 0.25) is 0 Å². The Balaban J connectivity index is 1.50. The molecule has 2 heterocycles. The molecule has 4 N–H and O–H groups in total. The minimum absolute atomic E-state index is 0.0479. The van der Waals surface area contributed by atoms with E-state index in [0.717, 1.165) is 6.07 Å². The molecular weight excluding hydrogens is 491 g/mol. The number of aromatic nitrogens is 3. The summed E-state index contributed by atoms with van der Waals surface area (Å²) in [4.78, 5) is 28.5. The van der Waals surface area contributed by atoms with Gasteiger partial charge in [0.25, 0.3) is 5.91 Å². The van der Waals surface area contributed by atoms with Gasteiger partial charge in [-0.3, -0.25) is 15.1 Å². The van der Waals surface area contributed by atoms with E-state index in [2.05, 4.69) is 26.0 Å². The number of hydrogen-bond donors (Lipinski definition) is 4. The van der Waals surface area contributed by atoms with Crippen molar-refractivity contribution in [3.63, 3.8) is 0 Å². The first-order valence-electron chi connectivity index (χ1n) is 11.7. The van der Waals surface area contributed by atoms with E-state index in [1.807, 2.05) is 20.8 Å². The molecule has 0 aliphatic heterocycles. The van der Waals surface area contributed by atoms with Gasteiger partial charge < -0.3 is 20.5 Å². The highest BCUT2D eigenvalue weighted by Crippen LogP contribution is 2.29. The molecule has 11 heteroatoms. The quantitative estimate of drug-likeness (QED) is 0.277. The van der Waals surface area contributed by atoms with E-state index >= 15 is 0 Å². The van der Waals surface area contributed by atoms with Crippen molar-refractivity contribution in [2.24, 2.45) is 0 Å². The summed E-state index contributed by atoms with van der Waals surface area (Å²) in [7, 11) is 1.48. The Hall–Kier alpha value is -4.93. The van der Waals surface area contributed by atoms with Gasteiger partial charge in [-0.25, -0.2) is 13.9 Å². The third-order valence-corrected chi connectivity index (χ3v) is 5.41. The van der Waals surface area contributed by atoms with Crippen LogP contribution >= 0.6 is 0 Å². The maximum absolute atomic E-state index is 14.8. The molecule has 0 saturated heterocycles. The van der Waals surface area contributed by atoms with Crippen LogP contribution in [0.2, 0.25) is 0 Å². The summed E-state index contributed by atoms with van der Waals surface area (Å²) in [5.74, 6) is -0.261. The fourth-order valence-corrected chi connectivity index (χ4v) is 3.45. The van der Waals surface area contributed by atoms with Crippen molar-refractivity contribution in [1.29, 1.82) is 0 Å². The van der Waals surface area contributed by atoms with Crippen molar-refractivity contribution in [3.05, 3.63) is 84.1 Å². The number of urea groups is 1. The third kappa shape index (κ3) is 6.06. The molecule has 0 fully saturated rings. The van der Waals surface area contributed by atoms with Gasteiger partial charge in [-0.2, -0.15) is 5.10 Å². The average Bonchev–Trinajstić information content (AvgIpc) is 3.30. The minimum Gasteiger partial charge on any atom is -0.508 e. The smallest absolute Gasteiger partial charge is 0.324 e. The molecule has 38 heavy (non-hydrogen) atoms. The van der Waals surface area contributed by atoms with Crippen LogP contribution in [0.25, 0.3) is 5.69 Å². The standard InChI is InChI=1S/C27H27FN6O4/c1-27(2,3)23-15-24(34(33-23)16-6-5-7-17(35)12-16)32-26(37)31-21-9-8-18(13-20(21)28)38-19-10-11-30-22(14-19)25(36)29-4/h5-15,35H,1-4H3,(H,29,36)(H2,31,32,37). The molecule has 196 valence electrons. The molecule has 0 saturated carbocycles. The molecule has 4 rings (SSSR count). The summed E-state index contributed by atoms with van der Waals surface area (Å²) in [5.41, 5.74) is 1.01. The van der Waals surface area contributed by atoms with Crippen molar-refractivity contribution in [3.8, 4) is 22.9 Å². The van der Waals surface area contributed by atoms with Crippen LogP contribution in [0, 0.1) is 5.82 Å². The minimum atomic E-state index is -0.727. The fourth-order valence-electron chi connectivity index (χ4n) is 3.45. The van der Waals surface area contributed by atoms with Crippen molar-refractivity contribution in [2.45, 2.75) is 26.2 Å². The second-order valence-electron chi connectivity index (χ2n) is 9.38. The van der Waals surface area contributed by atoms with Gasteiger partial charge in [-0.15, -0.1) is 0 Å². The number of carbonyl (C=O) groups is 2. The van der Waals surface area contributed by atoms with Crippen LogP contribution in [-0.4, -0.2) is 38.9 Å². The van der Waals surface area contributed by atoms with E-state index in [9.17, 15) is 19.1 Å². The predicted molar refractivity (Wildman–Crippen MR) is 141 cm³/mol. The first-order chi connectivity index (χ1) is 18.0. The summed E-state index contributed by atoms with van der Waals surface area (Å²) in [6.45, 7) is 5.95. The topological polar surface area (TPSA) is 130 Å². The Bertz CT molecular complexity index is 1500. The summed E-state index contributed by atoms with van der Waals surface area (Å²) < 4.78 is 22.0. The largest absolute Gasteiger partial charge is 0.508 e. The number of aromatic hydroxyl groups is 1. The predicted octanol–water partition coefficient (Wildman–Crippen LogP) is 5.21. The maximum Gasteiger partial charge on any atom is 0.324 e. The molecule has 4 aromatic rings. The average molecular weight is 519 g/mol. The SMILES string of the molecule is CNC(=O)c1cc(Oc2ccc(NC(=O)Nc3cc(C(C)(C)C)nn3-c3cccc(O)c3)c(F)c2)ccn1. The summed E-state index contributed by atoms with van der Waals surface area (Å²) in [6.07, 6.45) is 1.41. The molecule has 0 aliphatic carbocycles. The van der Waals surface area contributed by atoms with Gasteiger partial charge in [0.05, 0.1) is 17.1 Å². The van der Waals surface area contributed by atoms with E-state index in [1.165, 1.54) is 54.3 Å². The zero-order valence-corrected chi connectivity index (χ0v) is 21.2. The number of phenolic OH excluding ortho intramolecular Hbond substituents is 1. The van der Waals surface area contributed by atoms with E-state index in [0.29, 0.717) is 22.9 Å². The Morgan fingerprint density at radius 1 is 1.00 bits per heavy atom. The number of ether oxygens (including phenoxy) is 1. The lowest BCUT2D eigenvalue weighted by Crippen LogP contribution is -2.22. The second-order valence-corrected chi connectivity index (χ2v) is 9.38. The van der Waals surface area contributed by atoms with Crippen LogP contribution in [0.5, 0.6) is 17.2 Å². The number of nitrogens with one attached hydrogen (secondary N) is 3. The molecule has 10 nitrogen and oxygen atoms in total. The number of halogens is 1. The number of hydrogen-bond acceptors (Lipinski definition) is 6. The number of benzene rings is 2. The molecule has 0 bridgehead atoms. The molecule has 0 unspecified atom stereocenters. The zero-order valence-electron chi connectivity index (χ0n) is 21.2. The normalized spacial score (nSPS) is 11.1. The highest BCUT2D eigenvalue weighted by Gasteiger charge is 2.22. The Morgan fingerprint density at radius 3 is 2.45 bits per heavy atom. The van der Waals surface area contributed by atoms with Crippen molar-refractivity contribution < 1.29 is 23.8 Å². The van der Waals surface area contributed by atoms with E-state index in [1.54, 1.807) is 18.2 Å². The Morgan fingerprint density at radius 2 is 1.76 bits per heavy atom. The maximum atomic E-state index is 14.8. The number of amides is 3. The number of anilines is 2. The van der Waals surface area contributed by atoms with E-state index in [4.69, 9.17) is 4.74 Å². The number of carbonyl (C=O) groups excluding carboxylic acids is 2. The number of nitrogens with zero attached hydrogens (tertiary/aromatic N) is 3. The third-order valence-electron chi connectivity index (χ3n) is 5.41. The van der Waals surface area contributed by atoms with Gasteiger partial charge in [-0.1, -0.05) is 26.8 Å². The van der Waals surface area contributed by atoms with E-state index < -0.39 is 11.8 Å². The molecule has 0 aliphatic rings. The number of rotatable bonds is 6. The molecule has 2 aromatic carbocycles. The first-order valence-corrected chi connectivity index (χ1v) is 11.7. The summed E-state index contributed by atoms with van der Waals surface area (Å²) >= 11 is 0. The molecule has 3 amide bonds. The molecule has 0 radical (unpaired) electrons. The Labute approximate surface area is 218 Å². The van der Waals surface area contributed by atoms with Crippen LogP contribution < -0.4 is 20.7 Å². The van der Waals surface area contributed by atoms with Gasteiger partial charge in [0, 0.05) is 42.9 Å². The number of pyridine rings is 1. The van der Waals surface area contributed by atoms with Crippen LogP contribution in [-0.2, 0) is 5.41 Å². The zero-order chi connectivity index (χ0) is 27.4. The van der Waals surface area contributed by atoms with E-state index in [-0.39, 0.29) is 34.2 Å². The van der Waals surface area contributed by atoms with Crippen LogP contribution in [0.15, 0.2) is 66.9 Å². The fraction of sp³-hybridized carbons (Fsp3) is 0.185. The lowest BCUT2D eigenvalue weighted by molar-refractivity contribution is 0.0957. The lowest BCUT2D eigenvalue weighted by Gasteiger charge is -2.14. The van der Waals surface area contributed by atoms with Crippen molar-refractivity contribution >= 4 is 23.4 Å². The van der Waals surface area contributed by atoms with Crippen LogP contribution in [0.3, 0.4) is 0 Å². The summed E-state index contributed by atoms with van der Waals surface area (Å²) in [6, 6.07) is 14.4. The number of phenols is 1. The van der Waals surface area contributed by atoms with Crippen molar-refractivity contribution in [1.82, 2.24) is 20.1 Å². The first kappa shape index (κ1) is 26.1. The molecule has 2 aromatic heterocycles. The molecular formula is C27H27FN6O4. The molecule has 0 atom stereocenters. The molecule has 0 spiro atoms. The van der Waals surface area contributed by atoms with Gasteiger partial charge in [0.15, 0.2) is 0 Å². The highest BCUT2D eigenvalue weighted by atomic mass is 19.1. The lowest BCUT2D eigenvalue weighted by atomic mass is 9.92. The van der Waals surface area contributed by atoms with Gasteiger partial charge >= 0.3 is 6.03 Å². The highest BCUT2D eigenvalue weighted by molar-refractivity contribution is 5.99. The van der Waals surface area contributed by atoms with Gasteiger partial charge in [-0.05, 0) is 30.3 Å². The van der Waals surface area contributed by atoms with Crippen molar-refractivity contribution in [2.75, 3.05) is 17.7 Å².